The van der Waals surface area contributed by atoms with Crippen LogP contribution in [-0.4, -0.2) is 27.0 Å². The molecule has 0 unspecified atom stereocenters. The molecule has 0 bridgehead atoms. The zero-order chi connectivity index (χ0) is 15.2. The molecule has 1 aliphatic heterocycles. The molecule has 0 saturated carbocycles. The number of carbonyl (C=O) groups is 1. The molecule has 3 rings (SSSR count). The van der Waals surface area contributed by atoms with E-state index in [-0.39, 0.29) is 11.5 Å². The zero-order valence-electron chi connectivity index (χ0n) is 11.7. The van der Waals surface area contributed by atoms with Crippen molar-refractivity contribution in [3.63, 3.8) is 0 Å². The summed E-state index contributed by atoms with van der Waals surface area (Å²) in [7, 11) is -3.73. The first-order valence-corrected chi connectivity index (χ1v) is 8.15. The summed E-state index contributed by atoms with van der Waals surface area (Å²) in [5, 5.41) is 1.50. The fraction of sp³-hybridized carbons (Fsp3) is 0.267. The highest BCUT2D eigenvalue weighted by Gasteiger charge is 2.41. The van der Waals surface area contributed by atoms with Crippen molar-refractivity contribution in [2.24, 2.45) is 0 Å². The summed E-state index contributed by atoms with van der Waals surface area (Å²) >= 11 is 0. The molecule has 0 fully saturated rings. The van der Waals surface area contributed by atoms with E-state index in [0.29, 0.717) is 11.1 Å². The Bertz CT molecular complexity index is 823. The van der Waals surface area contributed by atoms with Crippen LogP contribution in [0.15, 0.2) is 41.3 Å². The van der Waals surface area contributed by atoms with Crippen molar-refractivity contribution >= 4 is 32.5 Å². The van der Waals surface area contributed by atoms with Crippen LogP contribution in [-0.2, 0) is 19.6 Å². The summed E-state index contributed by atoms with van der Waals surface area (Å²) in [6, 6.07) is 9.59. The van der Waals surface area contributed by atoms with E-state index >= 15 is 0 Å². The molecule has 2 aromatic carbocycles. The highest BCUT2D eigenvalue weighted by atomic mass is 32.2. The monoisotopic (exact) mass is 305 g/mol. The Morgan fingerprint density at radius 2 is 1.90 bits per heavy atom. The summed E-state index contributed by atoms with van der Waals surface area (Å²) in [6.07, 6.45) is 0. The summed E-state index contributed by atoms with van der Waals surface area (Å²) in [4.78, 5) is 12.2. The van der Waals surface area contributed by atoms with Crippen LogP contribution in [0.25, 0.3) is 10.8 Å². The Kier molecular flexibility index (Phi) is 3.13. The number of hydrogen-bond acceptors (Lipinski definition) is 4. The predicted molar refractivity (Wildman–Crippen MR) is 79.7 cm³/mol. The largest absolute Gasteiger partial charge is 0.464 e. The average molecular weight is 305 g/mol. The van der Waals surface area contributed by atoms with Crippen LogP contribution in [0, 0.1) is 0 Å². The lowest BCUT2D eigenvalue weighted by atomic mass is 10.1. The Morgan fingerprint density at radius 3 is 2.57 bits per heavy atom. The van der Waals surface area contributed by atoms with Crippen LogP contribution in [0.1, 0.15) is 13.8 Å². The molecule has 0 aliphatic carbocycles. The first kappa shape index (κ1) is 13.9. The highest BCUT2D eigenvalue weighted by molar-refractivity contribution is 7.93. The van der Waals surface area contributed by atoms with E-state index in [4.69, 9.17) is 4.74 Å². The van der Waals surface area contributed by atoms with E-state index in [1.54, 1.807) is 38.1 Å². The smallest absolute Gasteiger partial charge is 0.329 e. The summed E-state index contributed by atoms with van der Waals surface area (Å²) in [5.41, 5.74) is 0.531. The molecule has 0 aromatic heterocycles. The number of nitrogens with zero attached hydrogens (tertiary/aromatic N) is 1. The average Bonchev–Trinajstić information content (AvgIpc) is 2.69. The van der Waals surface area contributed by atoms with E-state index < -0.39 is 22.0 Å². The van der Waals surface area contributed by atoms with Crippen molar-refractivity contribution in [2.45, 2.75) is 24.8 Å². The van der Waals surface area contributed by atoms with E-state index in [1.165, 1.54) is 0 Å². The quantitative estimate of drug-likeness (QED) is 0.816. The molecular weight excluding hydrogens is 290 g/mol. The van der Waals surface area contributed by atoms with Crippen LogP contribution in [0.4, 0.5) is 5.69 Å². The molecule has 110 valence electrons. The van der Waals surface area contributed by atoms with Gasteiger partial charge in [-0.15, -0.1) is 0 Å². The second-order valence-electron chi connectivity index (χ2n) is 4.86. The molecular formula is C15H15NO4S. The minimum Gasteiger partial charge on any atom is -0.464 e. The van der Waals surface area contributed by atoms with Gasteiger partial charge in [0.1, 0.15) is 6.04 Å². The van der Waals surface area contributed by atoms with E-state index in [0.717, 1.165) is 9.69 Å². The number of rotatable bonds is 3. The molecule has 0 spiro atoms. The Balaban J connectivity index is 2.22. The van der Waals surface area contributed by atoms with E-state index in [1.807, 2.05) is 12.1 Å². The lowest BCUT2D eigenvalue weighted by molar-refractivity contribution is -0.144. The molecule has 2 aromatic rings. The van der Waals surface area contributed by atoms with Crippen molar-refractivity contribution < 1.29 is 17.9 Å². The molecule has 1 aliphatic rings. The van der Waals surface area contributed by atoms with Gasteiger partial charge in [0.25, 0.3) is 10.0 Å². The van der Waals surface area contributed by atoms with Crippen LogP contribution >= 0.6 is 0 Å². The Morgan fingerprint density at radius 1 is 1.24 bits per heavy atom. The highest BCUT2D eigenvalue weighted by Crippen LogP contribution is 2.43. The van der Waals surface area contributed by atoms with Gasteiger partial charge in [-0.3, -0.25) is 4.31 Å². The van der Waals surface area contributed by atoms with Crippen LogP contribution in [0.3, 0.4) is 0 Å². The van der Waals surface area contributed by atoms with Gasteiger partial charge in [0.15, 0.2) is 0 Å². The zero-order valence-corrected chi connectivity index (χ0v) is 12.6. The first-order chi connectivity index (χ1) is 9.98. The second kappa shape index (κ2) is 4.73. The second-order valence-corrected chi connectivity index (χ2v) is 6.64. The molecule has 0 N–H and O–H groups in total. The number of sulfonamides is 1. The number of ether oxygens (including phenoxy) is 1. The number of carbonyl (C=O) groups excluding carboxylic acids is 1. The van der Waals surface area contributed by atoms with Gasteiger partial charge in [0.05, 0.1) is 17.2 Å². The van der Waals surface area contributed by atoms with Gasteiger partial charge >= 0.3 is 5.97 Å². The fourth-order valence-electron chi connectivity index (χ4n) is 2.70. The SMILES string of the molecule is CCOC(=O)[C@@H](C)N1c2cccc3cccc(c23)S1(=O)=O. The van der Waals surface area contributed by atoms with Crippen molar-refractivity contribution in [1.29, 1.82) is 0 Å². The lowest BCUT2D eigenvalue weighted by Crippen LogP contribution is -2.42. The molecule has 5 nitrogen and oxygen atoms in total. The van der Waals surface area contributed by atoms with Crippen molar-refractivity contribution in [2.75, 3.05) is 10.9 Å². The molecule has 0 saturated heterocycles. The molecule has 1 heterocycles. The topological polar surface area (TPSA) is 63.7 Å². The van der Waals surface area contributed by atoms with Gasteiger partial charge in [-0.05, 0) is 31.4 Å². The Hall–Kier alpha value is -2.08. The molecule has 0 radical (unpaired) electrons. The molecule has 1 atom stereocenters. The molecule has 6 heteroatoms. The van der Waals surface area contributed by atoms with E-state index in [9.17, 15) is 13.2 Å². The summed E-state index contributed by atoms with van der Waals surface area (Å²) in [5.74, 6) is -0.550. The van der Waals surface area contributed by atoms with Gasteiger partial charge < -0.3 is 4.74 Å². The predicted octanol–water partition coefficient (Wildman–Crippen LogP) is 2.30. The van der Waals surface area contributed by atoms with Gasteiger partial charge in [0.2, 0.25) is 0 Å². The summed E-state index contributed by atoms with van der Waals surface area (Å²) < 4.78 is 31.6. The van der Waals surface area contributed by atoms with Gasteiger partial charge in [-0.2, -0.15) is 0 Å². The fourth-order valence-corrected chi connectivity index (χ4v) is 4.55. The van der Waals surface area contributed by atoms with Crippen LogP contribution in [0.2, 0.25) is 0 Å². The molecule has 21 heavy (non-hydrogen) atoms. The lowest BCUT2D eigenvalue weighted by Gasteiger charge is -2.24. The third-order valence-electron chi connectivity index (χ3n) is 3.60. The van der Waals surface area contributed by atoms with Gasteiger partial charge in [-0.25, -0.2) is 13.2 Å². The number of benzene rings is 2. The Labute approximate surface area is 123 Å². The summed E-state index contributed by atoms with van der Waals surface area (Å²) in [6.45, 7) is 3.45. The van der Waals surface area contributed by atoms with Crippen molar-refractivity contribution in [3.8, 4) is 0 Å². The van der Waals surface area contributed by atoms with Gasteiger partial charge in [-0.1, -0.05) is 24.3 Å². The number of hydrogen-bond donors (Lipinski definition) is 0. The molecule has 0 amide bonds. The number of esters is 1. The normalized spacial score (nSPS) is 17.0. The third kappa shape index (κ3) is 1.90. The third-order valence-corrected chi connectivity index (χ3v) is 5.53. The minimum atomic E-state index is -3.73. The van der Waals surface area contributed by atoms with Crippen molar-refractivity contribution in [1.82, 2.24) is 0 Å². The van der Waals surface area contributed by atoms with E-state index in [2.05, 4.69) is 0 Å². The standard InChI is InChI=1S/C15H15NO4S/c1-3-20-15(17)10(2)16-12-8-4-6-11-7-5-9-13(14(11)12)21(16,18)19/h4-10H,3H2,1-2H3/t10-/m1/s1. The van der Waals surface area contributed by atoms with Crippen molar-refractivity contribution in [3.05, 3.63) is 36.4 Å². The maximum Gasteiger partial charge on any atom is 0.329 e. The van der Waals surface area contributed by atoms with Crippen LogP contribution in [0.5, 0.6) is 0 Å². The van der Waals surface area contributed by atoms with Crippen LogP contribution < -0.4 is 4.31 Å². The van der Waals surface area contributed by atoms with Gasteiger partial charge in [0, 0.05) is 5.39 Å². The first-order valence-electron chi connectivity index (χ1n) is 6.71. The number of anilines is 1. The maximum atomic E-state index is 12.7. The maximum absolute atomic E-state index is 12.7. The minimum absolute atomic E-state index is 0.216.